The molecule has 1 aliphatic rings. The molecule has 1 heterocycles. The van der Waals surface area contributed by atoms with E-state index in [9.17, 15) is 30.3 Å². The normalized spacial score (nSPS) is 19.9. The lowest BCUT2D eigenvalue weighted by molar-refractivity contribution is -0.302. The Labute approximate surface area is 418 Å². The topological polar surface area (TPSA) is 149 Å². The highest BCUT2D eigenvalue weighted by Crippen LogP contribution is 2.23. The number of aliphatic hydroxyl groups excluding tert-OH is 5. The molecule has 1 rings (SSSR count). The first-order valence-electron chi connectivity index (χ1n) is 28.9. The lowest BCUT2D eigenvalue weighted by Gasteiger charge is -2.40. The molecular weight excluding hydrogens is 851 g/mol. The second-order valence-corrected chi connectivity index (χ2v) is 20.1. The minimum Gasteiger partial charge on any atom is -0.394 e. The van der Waals surface area contributed by atoms with Crippen molar-refractivity contribution in [2.45, 2.75) is 307 Å². The molecule has 9 heteroatoms. The Kier molecular flexibility index (Phi) is 46.0. The maximum absolute atomic E-state index is 13.0. The zero-order chi connectivity index (χ0) is 49.4. The van der Waals surface area contributed by atoms with E-state index < -0.39 is 49.5 Å². The summed E-state index contributed by atoms with van der Waals surface area (Å²) in [6.45, 7) is 3.76. The van der Waals surface area contributed by atoms with Crippen LogP contribution in [0.5, 0.6) is 0 Å². The lowest BCUT2D eigenvalue weighted by atomic mass is 9.99. The van der Waals surface area contributed by atoms with E-state index in [-0.39, 0.29) is 12.5 Å². The summed E-state index contributed by atoms with van der Waals surface area (Å²) < 4.78 is 11.3. The van der Waals surface area contributed by atoms with Crippen LogP contribution in [0.2, 0.25) is 0 Å². The third kappa shape index (κ3) is 37.9. The number of amides is 1. The van der Waals surface area contributed by atoms with Gasteiger partial charge in [0, 0.05) is 6.42 Å². The number of allylic oxidation sites excluding steroid dienone is 7. The Balaban J connectivity index is 2.25. The first-order chi connectivity index (χ1) is 33.3. The Morgan fingerprint density at radius 2 is 0.882 bits per heavy atom. The molecule has 0 bridgehead atoms. The number of rotatable bonds is 49. The Bertz CT molecular complexity index is 1210. The van der Waals surface area contributed by atoms with Gasteiger partial charge in [0.25, 0.3) is 0 Å². The van der Waals surface area contributed by atoms with Crippen LogP contribution < -0.4 is 5.32 Å². The Hall–Kier alpha value is -1.85. The molecular formula is C59H109NO8. The molecule has 1 amide bonds. The fourth-order valence-electron chi connectivity index (χ4n) is 9.03. The van der Waals surface area contributed by atoms with Gasteiger partial charge in [-0.25, -0.2) is 0 Å². The summed E-state index contributed by atoms with van der Waals surface area (Å²) in [4.78, 5) is 13.0. The molecule has 1 saturated heterocycles. The second-order valence-electron chi connectivity index (χ2n) is 20.1. The number of carbonyl (C=O) groups is 1. The molecule has 0 aromatic carbocycles. The van der Waals surface area contributed by atoms with Crippen molar-refractivity contribution < 1.29 is 39.8 Å². The number of aliphatic hydroxyl groups is 5. The van der Waals surface area contributed by atoms with Gasteiger partial charge in [-0.05, 0) is 64.2 Å². The second kappa shape index (κ2) is 48.8. The number of nitrogens with one attached hydrogen (secondary N) is 1. The molecule has 0 spiro atoms. The molecule has 1 fully saturated rings. The molecule has 0 saturated carbocycles. The van der Waals surface area contributed by atoms with Crippen molar-refractivity contribution in [1.82, 2.24) is 5.32 Å². The average molecular weight is 961 g/mol. The summed E-state index contributed by atoms with van der Waals surface area (Å²) >= 11 is 0. The van der Waals surface area contributed by atoms with Crippen molar-refractivity contribution in [3.63, 3.8) is 0 Å². The van der Waals surface area contributed by atoms with Gasteiger partial charge in [-0.15, -0.1) is 0 Å². The molecule has 7 atom stereocenters. The first kappa shape index (κ1) is 64.2. The number of carbonyl (C=O) groups excluding carboxylic acids is 1. The predicted octanol–water partition coefficient (Wildman–Crippen LogP) is 14.1. The van der Waals surface area contributed by atoms with E-state index in [2.05, 4.69) is 55.6 Å². The van der Waals surface area contributed by atoms with Crippen LogP contribution in [0, 0.1) is 0 Å². The third-order valence-corrected chi connectivity index (χ3v) is 13.6. The first-order valence-corrected chi connectivity index (χ1v) is 28.9. The van der Waals surface area contributed by atoms with Crippen LogP contribution in [0.25, 0.3) is 0 Å². The van der Waals surface area contributed by atoms with Crippen LogP contribution >= 0.6 is 0 Å². The zero-order valence-electron chi connectivity index (χ0n) is 44.1. The molecule has 0 aromatic heterocycles. The maximum atomic E-state index is 13.0. The summed E-state index contributed by atoms with van der Waals surface area (Å²) in [6.07, 6.45) is 57.5. The average Bonchev–Trinajstić information content (AvgIpc) is 3.34. The van der Waals surface area contributed by atoms with E-state index in [1.807, 2.05) is 6.08 Å². The summed E-state index contributed by atoms with van der Waals surface area (Å²) in [7, 11) is 0. The van der Waals surface area contributed by atoms with Crippen molar-refractivity contribution in [3.05, 3.63) is 48.6 Å². The molecule has 398 valence electrons. The van der Waals surface area contributed by atoms with Gasteiger partial charge in [0.15, 0.2) is 6.29 Å². The minimum atomic E-state index is -1.57. The van der Waals surface area contributed by atoms with Crippen LogP contribution in [0.3, 0.4) is 0 Å². The third-order valence-electron chi connectivity index (χ3n) is 13.6. The van der Waals surface area contributed by atoms with Gasteiger partial charge in [0.1, 0.15) is 24.4 Å². The Morgan fingerprint density at radius 3 is 1.34 bits per heavy atom. The van der Waals surface area contributed by atoms with E-state index >= 15 is 0 Å². The van der Waals surface area contributed by atoms with Gasteiger partial charge < -0.3 is 40.3 Å². The Morgan fingerprint density at radius 1 is 0.500 bits per heavy atom. The molecule has 68 heavy (non-hydrogen) atoms. The quantitative estimate of drug-likeness (QED) is 0.0261. The maximum Gasteiger partial charge on any atom is 0.220 e. The smallest absolute Gasteiger partial charge is 0.220 e. The number of hydrogen-bond donors (Lipinski definition) is 6. The minimum absolute atomic E-state index is 0.193. The van der Waals surface area contributed by atoms with Crippen molar-refractivity contribution in [2.24, 2.45) is 0 Å². The van der Waals surface area contributed by atoms with Gasteiger partial charge in [0.2, 0.25) is 5.91 Å². The van der Waals surface area contributed by atoms with E-state index in [1.54, 1.807) is 6.08 Å². The molecule has 0 aromatic rings. The fourth-order valence-corrected chi connectivity index (χ4v) is 9.03. The van der Waals surface area contributed by atoms with Crippen LogP contribution in [0.15, 0.2) is 48.6 Å². The predicted molar refractivity (Wildman–Crippen MR) is 286 cm³/mol. The van der Waals surface area contributed by atoms with Crippen molar-refractivity contribution in [1.29, 1.82) is 0 Å². The highest BCUT2D eigenvalue weighted by atomic mass is 16.7. The van der Waals surface area contributed by atoms with E-state index in [4.69, 9.17) is 9.47 Å². The summed E-state index contributed by atoms with van der Waals surface area (Å²) in [5, 5.41) is 54.5. The van der Waals surface area contributed by atoms with Crippen LogP contribution in [0.4, 0.5) is 0 Å². The van der Waals surface area contributed by atoms with E-state index in [0.29, 0.717) is 6.42 Å². The highest BCUT2D eigenvalue weighted by Gasteiger charge is 2.44. The fraction of sp³-hybridized carbons (Fsp3) is 0.847. The number of hydrogen-bond acceptors (Lipinski definition) is 8. The number of ether oxygens (including phenoxy) is 2. The molecule has 6 N–H and O–H groups in total. The summed E-state index contributed by atoms with van der Waals surface area (Å²) in [5.41, 5.74) is 0. The molecule has 1 aliphatic heterocycles. The van der Waals surface area contributed by atoms with Crippen molar-refractivity contribution >= 4 is 5.91 Å². The van der Waals surface area contributed by atoms with Crippen LogP contribution in [-0.2, 0) is 14.3 Å². The SMILES string of the molecule is CCCCCC/C=C\C/C=C\CCCCCCCCCC(=O)NC(COC1OC(CO)C(O)C(O)C1O)C(O)/C=C/CC/C=C/CCCCCCCCCCCCCCCCCCCCCCC. The van der Waals surface area contributed by atoms with Gasteiger partial charge in [-0.1, -0.05) is 242 Å². The number of unbranched alkanes of at least 4 members (excludes halogenated alkanes) is 33. The van der Waals surface area contributed by atoms with Gasteiger partial charge in [0.05, 0.1) is 25.4 Å². The van der Waals surface area contributed by atoms with E-state index in [1.165, 1.54) is 186 Å². The van der Waals surface area contributed by atoms with E-state index in [0.717, 1.165) is 57.8 Å². The summed E-state index contributed by atoms with van der Waals surface area (Å²) in [6, 6.07) is -0.827. The van der Waals surface area contributed by atoms with Gasteiger partial charge in [-0.2, -0.15) is 0 Å². The zero-order valence-corrected chi connectivity index (χ0v) is 44.1. The summed E-state index contributed by atoms with van der Waals surface area (Å²) in [5.74, 6) is -0.193. The van der Waals surface area contributed by atoms with Crippen molar-refractivity contribution in [2.75, 3.05) is 13.2 Å². The lowest BCUT2D eigenvalue weighted by Crippen LogP contribution is -2.60. The molecule has 7 unspecified atom stereocenters. The largest absolute Gasteiger partial charge is 0.394 e. The van der Waals surface area contributed by atoms with Gasteiger partial charge >= 0.3 is 0 Å². The van der Waals surface area contributed by atoms with Crippen LogP contribution in [-0.4, -0.2) is 87.5 Å². The molecule has 0 aliphatic carbocycles. The van der Waals surface area contributed by atoms with Gasteiger partial charge in [-0.3, -0.25) is 4.79 Å². The molecule has 9 nitrogen and oxygen atoms in total. The van der Waals surface area contributed by atoms with Crippen molar-refractivity contribution in [3.8, 4) is 0 Å². The molecule has 0 radical (unpaired) electrons. The standard InChI is InChI=1S/C59H109NO8/c1-3-5-7-9-11-13-15-17-19-21-23-24-25-26-27-28-29-30-31-32-34-36-38-40-42-44-46-48-53(62)52(51-67-59-58(66)57(65)56(64)54(50-61)68-59)60-55(63)49-47-45-43-41-39-37-35-33-22-20-18-16-14-12-10-8-6-4-2/h14,16,20,22,38,40,46,48,52-54,56-59,61-62,64-66H,3-13,15,17-19,21,23-37,39,41-45,47,49-51H2,1-2H3,(H,60,63)/b16-14-,22-20-,40-38+,48-46+. The highest BCUT2D eigenvalue weighted by molar-refractivity contribution is 5.76. The monoisotopic (exact) mass is 960 g/mol. The van der Waals surface area contributed by atoms with Crippen LogP contribution in [0.1, 0.15) is 264 Å².